The first-order valence-electron chi connectivity index (χ1n) is 11.7. The zero-order valence-corrected chi connectivity index (χ0v) is 19.4. The minimum Gasteiger partial charge on any atom is -0.380 e. The van der Waals surface area contributed by atoms with Gasteiger partial charge in [0.25, 0.3) is 0 Å². The summed E-state index contributed by atoms with van der Waals surface area (Å²) in [6.07, 6.45) is 8.84. The van der Waals surface area contributed by atoms with E-state index in [0.29, 0.717) is 18.9 Å². The fraction of sp³-hybridized carbons (Fsp3) is 0.565. The second kappa shape index (κ2) is 9.01. The van der Waals surface area contributed by atoms with Crippen molar-refractivity contribution in [2.75, 3.05) is 25.5 Å². The Morgan fingerprint density at radius 3 is 2.73 bits per heavy atom. The van der Waals surface area contributed by atoms with Crippen LogP contribution in [0.5, 0.6) is 0 Å². The largest absolute Gasteiger partial charge is 0.380 e. The Kier molecular flexibility index (Phi) is 5.92. The van der Waals surface area contributed by atoms with E-state index in [-0.39, 0.29) is 24.0 Å². The molecule has 3 aromatic heterocycles. The van der Waals surface area contributed by atoms with Crippen LogP contribution >= 0.6 is 0 Å². The number of anilines is 1. The number of nitrogens with zero attached hydrogens (tertiary/aromatic N) is 7. The summed E-state index contributed by atoms with van der Waals surface area (Å²) in [4.78, 5) is 37.4. The van der Waals surface area contributed by atoms with Crippen molar-refractivity contribution in [2.45, 2.75) is 58.2 Å². The highest BCUT2D eigenvalue weighted by Gasteiger charge is 2.36. The highest BCUT2D eigenvalue weighted by molar-refractivity contribution is 5.86. The Bertz CT molecular complexity index is 1150. The number of carbonyl (C=O) groups is 1. The van der Waals surface area contributed by atoms with Gasteiger partial charge in [0.1, 0.15) is 18.0 Å². The van der Waals surface area contributed by atoms with Gasteiger partial charge in [-0.15, -0.1) is 0 Å². The molecule has 1 saturated heterocycles. The van der Waals surface area contributed by atoms with E-state index in [1.165, 1.54) is 0 Å². The minimum atomic E-state index is 0.0453. The molecular weight excluding hydrogens is 420 g/mol. The van der Waals surface area contributed by atoms with Crippen LogP contribution in [-0.2, 0) is 16.1 Å². The number of hydrogen-bond acceptors (Lipinski definition) is 8. The van der Waals surface area contributed by atoms with Gasteiger partial charge < -0.3 is 19.5 Å². The van der Waals surface area contributed by atoms with E-state index in [9.17, 15) is 4.79 Å². The fourth-order valence-electron chi connectivity index (χ4n) is 4.98. The summed E-state index contributed by atoms with van der Waals surface area (Å²) in [7, 11) is 1.72. The van der Waals surface area contributed by atoms with E-state index in [2.05, 4.69) is 36.7 Å². The molecule has 174 valence electrons. The van der Waals surface area contributed by atoms with Crippen molar-refractivity contribution in [3.05, 3.63) is 24.5 Å². The second-order valence-electron chi connectivity index (χ2n) is 8.87. The second-order valence-corrected chi connectivity index (χ2v) is 8.87. The van der Waals surface area contributed by atoms with E-state index in [4.69, 9.17) is 9.72 Å². The lowest BCUT2D eigenvalue weighted by atomic mass is 10.1. The van der Waals surface area contributed by atoms with Crippen LogP contribution in [0.15, 0.2) is 18.7 Å². The molecule has 3 atom stereocenters. The van der Waals surface area contributed by atoms with Crippen molar-refractivity contribution in [3.63, 3.8) is 0 Å². The molecule has 10 heteroatoms. The molecule has 3 aromatic rings. The number of imidazole rings is 1. The van der Waals surface area contributed by atoms with Gasteiger partial charge >= 0.3 is 0 Å². The van der Waals surface area contributed by atoms with Gasteiger partial charge in [0.05, 0.1) is 11.7 Å². The molecule has 0 radical (unpaired) electrons. The van der Waals surface area contributed by atoms with E-state index in [1.807, 2.05) is 11.8 Å². The molecule has 1 unspecified atom stereocenters. The van der Waals surface area contributed by atoms with Crippen LogP contribution in [0.2, 0.25) is 0 Å². The first kappa shape index (κ1) is 21.7. The highest BCUT2D eigenvalue weighted by Crippen LogP contribution is 2.32. The maximum Gasteiger partial charge on any atom is 0.225 e. The average Bonchev–Trinajstić information content (AvgIpc) is 3.57. The van der Waals surface area contributed by atoms with Crippen molar-refractivity contribution >= 4 is 22.9 Å². The van der Waals surface area contributed by atoms with Gasteiger partial charge in [-0.25, -0.2) is 24.9 Å². The zero-order chi connectivity index (χ0) is 22.9. The minimum absolute atomic E-state index is 0.0453. The number of ether oxygens (including phenoxy) is 1. The lowest BCUT2D eigenvalue weighted by molar-refractivity contribution is -0.134. The summed E-state index contributed by atoms with van der Waals surface area (Å²) in [6.45, 7) is 6.14. The van der Waals surface area contributed by atoms with Crippen molar-refractivity contribution in [3.8, 4) is 11.4 Å². The molecule has 0 bridgehead atoms. The molecule has 1 saturated carbocycles. The zero-order valence-electron chi connectivity index (χ0n) is 19.4. The number of carbonyl (C=O) groups excluding carboxylic acids is 1. The molecule has 1 aliphatic carbocycles. The lowest BCUT2D eigenvalue weighted by Crippen LogP contribution is -2.34. The van der Waals surface area contributed by atoms with Gasteiger partial charge in [0.2, 0.25) is 5.91 Å². The first-order valence-corrected chi connectivity index (χ1v) is 11.7. The third-order valence-corrected chi connectivity index (χ3v) is 6.80. The van der Waals surface area contributed by atoms with Crippen LogP contribution in [-0.4, -0.2) is 72.6 Å². The Hall–Kier alpha value is -3.14. The number of amides is 1. The molecule has 4 heterocycles. The van der Waals surface area contributed by atoms with Gasteiger partial charge in [-0.2, -0.15) is 0 Å². The number of fused-ring (bicyclic) bond motifs is 1. The number of rotatable bonds is 6. The van der Waals surface area contributed by atoms with Gasteiger partial charge in [-0.05, 0) is 39.5 Å². The molecule has 0 spiro atoms. The maximum absolute atomic E-state index is 13.0. The van der Waals surface area contributed by atoms with E-state index in [1.54, 1.807) is 25.8 Å². The third-order valence-electron chi connectivity index (χ3n) is 6.80. The highest BCUT2D eigenvalue weighted by atomic mass is 16.5. The van der Waals surface area contributed by atoms with Crippen LogP contribution < -0.4 is 5.32 Å². The van der Waals surface area contributed by atoms with Gasteiger partial charge in [-0.3, -0.25) is 4.79 Å². The molecule has 1 amide bonds. The SMILES string of the molecule is CCn1c(-c2cnc(C)nc2)nc2c(N[C@H]3CCC(C(=O)N4CC[C@@H](OC)C4)C3)ncnc21. The quantitative estimate of drug-likeness (QED) is 0.610. The Labute approximate surface area is 192 Å². The van der Waals surface area contributed by atoms with Crippen LogP contribution in [0.25, 0.3) is 22.6 Å². The van der Waals surface area contributed by atoms with Crippen molar-refractivity contribution in [1.82, 2.24) is 34.4 Å². The monoisotopic (exact) mass is 450 g/mol. The Morgan fingerprint density at radius 2 is 2.00 bits per heavy atom. The summed E-state index contributed by atoms with van der Waals surface area (Å²) in [6, 6.07) is 0.177. The molecular formula is C23H30N8O2. The summed E-state index contributed by atoms with van der Waals surface area (Å²) in [5.74, 6) is 2.50. The summed E-state index contributed by atoms with van der Waals surface area (Å²) in [5, 5.41) is 3.55. The number of aryl methyl sites for hydroxylation is 2. The molecule has 2 aliphatic rings. The van der Waals surface area contributed by atoms with Gasteiger partial charge in [-0.1, -0.05) is 0 Å². The number of aromatic nitrogens is 6. The summed E-state index contributed by atoms with van der Waals surface area (Å²) >= 11 is 0. The first-order chi connectivity index (χ1) is 16.1. The predicted molar refractivity (Wildman–Crippen MR) is 124 cm³/mol. The molecule has 5 rings (SSSR count). The number of methoxy groups -OCH3 is 1. The number of hydrogen-bond donors (Lipinski definition) is 1. The number of nitrogens with one attached hydrogen (secondary N) is 1. The molecule has 33 heavy (non-hydrogen) atoms. The predicted octanol–water partition coefficient (Wildman–Crippen LogP) is 2.44. The lowest BCUT2D eigenvalue weighted by Gasteiger charge is -2.20. The van der Waals surface area contributed by atoms with Crippen molar-refractivity contribution < 1.29 is 9.53 Å². The molecule has 0 aromatic carbocycles. The fourth-order valence-corrected chi connectivity index (χ4v) is 4.98. The van der Waals surface area contributed by atoms with E-state index < -0.39 is 0 Å². The molecule has 10 nitrogen and oxygen atoms in total. The third kappa shape index (κ3) is 4.15. The van der Waals surface area contributed by atoms with E-state index in [0.717, 1.165) is 60.6 Å². The Balaban J connectivity index is 1.34. The van der Waals surface area contributed by atoms with Gasteiger partial charge in [0.15, 0.2) is 17.0 Å². The van der Waals surface area contributed by atoms with Crippen LogP contribution in [0.1, 0.15) is 38.4 Å². The molecule has 1 N–H and O–H groups in total. The average molecular weight is 451 g/mol. The standard InChI is InChI=1S/C23H30N8O2/c1-4-31-21(16-10-24-14(2)25-11-16)29-19-20(26-13-27-22(19)31)28-17-6-5-15(9-17)23(32)30-8-7-18(12-30)33-3/h10-11,13,15,17-18H,4-9,12H2,1-3H3,(H,26,27,28)/t15?,17-,18+/m0/s1. The molecule has 1 aliphatic heterocycles. The molecule has 2 fully saturated rings. The normalized spacial score (nSPS) is 22.9. The smallest absolute Gasteiger partial charge is 0.225 e. The van der Waals surface area contributed by atoms with Crippen LogP contribution in [0.4, 0.5) is 5.82 Å². The topological polar surface area (TPSA) is 111 Å². The maximum atomic E-state index is 13.0. The number of likely N-dealkylation sites (tertiary alicyclic amines) is 1. The van der Waals surface area contributed by atoms with Crippen LogP contribution in [0, 0.1) is 12.8 Å². The van der Waals surface area contributed by atoms with E-state index >= 15 is 0 Å². The summed E-state index contributed by atoms with van der Waals surface area (Å²) < 4.78 is 7.47. The summed E-state index contributed by atoms with van der Waals surface area (Å²) in [5.41, 5.74) is 2.35. The Morgan fingerprint density at radius 1 is 1.18 bits per heavy atom. The van der Waals surface area contributed by atoms with Crippen LogP contribution in [0.3, 0.4) is 0 Å². The van der Waals surface area contributed by atoms with Crippen molar-refractivity contribution in [1.29, 1.82) is 0 Å². The van der Waals surface area contributed by atoms with Gasteiger partial charge in [0, 0.05) is 51.1 Å². The van der Waals surface area contributed by atoms with Crippen molar-refractivity contribution in [2.24, 2.45) is 5.92 Å².